The molecule has 0 radical (unpaired) electrons. The average Bonchev–Trinajstić information content (AvgIpc) is 2.01. The number of hydrogen-bond donors (Lipinski definition) is 0. The Kier molecular flexibility index (Phi) is 12.7. The number of aliphatic carboxylic acids is 2. The molecule has 14 heavy (non-hydrogen) atoms. The van der Waals surface area contributed by atoms with Gasteiger partial charge in [0.1, 0.15) is 0 Å². The minimum atomic E-state index is -1.02. The van der Waals surface area contributed by atoms with Gasteiger partial charge >= 0.3 is 27.3 Å². The van der Waals surface area contributed by atoms with Crippen LogP contribution in [0.3, 0.4) is 0 Å². The van der Waals surface area contributed by atoms with Gasteiger partial charge in [-0.2, -0.15) is 0 Å². The molecule has 0 aromatic heterocycles. The topological polar surface area (TPSA) is 80.3 Å². The van der Waals surface area contributed by atoms with Crippen LogP contribution >= 0.6 is 0 Å². The first kappa shape index (κ1) is 16.3. The molecule has 0 heterocycles. The van der Waals surface area contributed by atoms with E-state index in [1.165, 1.54) is 0 Å². The Morgan fingerprint density at radius 3 is 1.29 bits per heavy atom. The van der Waals surface area contributed by atoms with E-state index in [-0.39, 0.29) is 40.1 Å². The number of carbonyl (C=O) groups is 2. The van der Waals surface area contributed by atoms with Crippen LogP contribution in [0.25, 0.3) is 0 Å². The first-order valence-electron chi connectivity index (χ1n) is 4.52. The van der Waals surface area contributed by atoms with Crippen LogP contribution in [-0.2, 0) is 36.9 Å². The maximum atomic E-state index is 9.98. The third kappa shape index (κ3) is 14.4. The van der Waals surface area contributed by atoms with E-state index in [1.54, 1.807) is 0 Å². The summed E-state index contributed by atoms with van der Waals surface area (Å²) in [5.41, 5.74) is 0. The summed E-state index contributed by atoms with van der Waals surface area (Å²) in [6.07, 6.45) is 3.95. The molecule has 0 fully saturated rings. The summed E-state index contributed by atoms with van der Waals surface area (Å²) in [6, 6.07) is 0. The Hall–Kier alpha value is -0.138. The molecule has 0 unspecified atom stereocenters. The second kappa shape index (κ2) is 10.9. The van der Waals surface area contributed by atoms with Crippen molar-refractivity contribution in [2.24, 2.45) is 0 Å². The average molecular weight is 299 g/mol. The van der Waals surface area contributed by atoms with Crippen molar-refractivity contribution in [1.82, 2.24) is 0 Å². The molecular formula is C9H14CdO4. The summed E-state index contributed by atoms with van der Waals surface area (Å²) >= 11 is 0. The van der Waals surface area contributed by atoms with Gasteiger partial charge in [0, 0.05) is 11.9 Å². The predicted octanol–water partition coefficient (Wildman–Crippen LogP) is -0.786. The van der Waals surface area contributed by atoms with Crippen molar-refractivity contribution >= 4 is 11.9 Å². The maximum absolute atomic E-state index is 9.98. The zero-order valence-corrected chi connectivity index (χ0v) is 12.3. The number of rotatable bonds is 8. The Labute approximate surface area is 104 Å². The van der Waals surface area contributed by atoms with E-state index in [1.807, 2.05) is 0 Å². The summed E-state index contributed by atoms with van der Waals surface area (Å²) in [5, 5.41) is 20.0. The molecule has 0 atom stereocenters. The molecule has 0 N–H and O–H groups in total. The molecule has 0 aromatic carbocycles. The van der Waals surface area contributed by atoms with Gasteiger partial charge in [-0.1, -0.05) is 19.3 Å². The largest absolute Gasteiger partial charge is 2.00 e. The first-order valence-corrected chi connectivity index (χ1v) is 4.52. The molecule has 0 aliphatic carbocycles. The third-order valence-corrected chi connectivity index (χ3v) is 1.76. The van der Waals surface area contributed by atoms with Gasteiger partial charge in [-0.15, -0.1) is 0 Å². The fourth-order valence-electron chi connectivity index (χ4n) is 1.07. The Morgan fingerprint density at radius 2 is 1.00 bits per heavy atom. The summed E-state index contributed by atoms with van der Waals surface area (Å²) in [4.78, 5) is 20.0. The molecule has 0 aromatic rings. The maximum Gasteiger partial charge on any atom is 2.00 e. The molecule has 0 saturated heterocycles. The van der Waals surface area contributed by atoms with Gasteiger partial charge in [-0.25, -0.2) is 0 Å². The second-order valence-electron chi connectivity index (χ2n) is 3.01. The smallest absolute Gasteiger partial charge is 0.550 e. The zero-order valence-electron chi connectivity index (χ0n) is 8.29. The predicted molar refractivity (Wildman–Crippen MR) is 42.3 cm³/mol. The quantitative estimate of drug-likeness (QED) is 0.435. The van der Waals surface area contributed by atoms with Gasteiger partial charge in [-0.3, -0.25) is 0 Å². The Bertz CT molecular complexity index is 152. The molecular weight excluding hydrogens is 285 g/mol. The molecule has 0 aliphatic heterocycles. The van der Waals surface area contributed by atoms with E-state index in [2.05, 4.69) is 0 Å². The number of carbonyl (C=O) groups excluding carboxylic acids is 2. The summed E-state index contributed by atoms with van der Waals surface area (Å²) in [6.45, 7) is 0. The summed E-state index contributed by atoms with van der Waals surface area (Å²) in [5.74, 6) is -2.04. The summed E-state index contributed by atoms with van der Waals surface area (Å²) < 4.78 is 0. The van der Waals surface area contributed by atoms with Gasteiger partial charge in [0.05, 0.1) is 0 Å². The Balaban J connectivity index is 0. The van der Waals surface area contributed by atoms with E-state index in [0.717, 1.165) is 19.3 Å². The van der Waals surface area contributed by atoms with Gasteiger partial charge in [-0.05, 0) is 25.7 Å². The van der Waals surface area contributed by atoms with E-state index >= 15 is 0 Å². The van der Waals surface area contributed by atoms with Crippen molar-refractivity contribution in [3.8, 4) is 0 Å². The van der Waals surface area contributed by atoms with Crippen molar-refractivity contribution in [2.45, 2.75) is 44.9 Å². The zero-order chi connectivity index (χ0) is 10.1. The first-order chi connectivity index (χ1) is 6.13. The fraction of sp³-hybridized carbons (Fsp3) is 0.778. The van der Waals surface area contributed by atoms with Gasteiger partial charge in [0.25, 0.3) is 0 Å². The van der Waals surface area contributed by atoms with Crippen LogP contribution in [0.15, 0.2) is 0 Å². The van der Waals surface area contributed by atoms with E-state index in [9.17, 15) is 19.8 Å². The molecule has 0 saturated carbocycles. The monoisotopic (exact) mass is 300 g/mol. The van der Waals surface area contributed by atoms with Crippen LogP contribution in [0.1, 0.15) is 44.9 Å². The molecule has 0 bridgehead atoms. The number of carboxylic acids is 2. The van der Waals surface area contributed by atoms with Crippen LogP contribution < -0.4 is 10.2 Å². The number of hydrogen-bond acceptors (Lipinski definition) is 4. The fourth-order valence-corrected chi connectivity index (χ4v) is 1.07. The van der Waals surface area contributed by atoms with Crippen LogP contribution in [0, 0.1) is 0 Å². The van der Waals surface area contributed by atoms with Crippen LogP contribution in [-0.4, -0.2) is 11.9 Å². The van der Waals surface area contributed by atoms with Crippen LogP contribution in [0.2, 0.25) is 0 Å². The van der Waals surface area contributed by atoms with E-state index in [4.69, 9.17) is 0 Å². The minimum Gasteiger partial charge on any atom is -0.550 e. The van der Waals surface area contributed by atoms with Crippen molar-refractivity contribution in [3.05, 3.63) is 0 Å². The number of unbranched alkanes of at least 4 members (excludes halogenated alkanes) is 4. The Morgan fingerprint density at radius 1 is 0.714 bits per heavy atom. The van der Waals surface area contributed by atoms with Gasteiger partial charge < -0.3 is 19.8 Å². The van der Waals surface area contributed by atoms with E-state index in [0.29, 0.717) is 12.8 Å². The SMILES string of the molecule is O=C([O-])CCCCCCCC(=O)[O-].[Cd+2]. The van der Waals surface area contributed by atoms with Crippen molar-refractivity contribution in [3.63, 3.8) is 0 Å². The molecule has 0 aliphatic rings. The molecule has 0 rings (SSSR count). The standard InChI is InChI=1S/C9H16O4.Cd/c10-8(11)6-4-2-1-3-5-7-9(12)13;/h1-7H2,(H,10,11)(H,12,13);/q;+2/p-2. The molecule has 4 nitrogen and oxygen atoms in total. The molecule has 0 amide bonds. The number of carboxylic acid groups (broad SMARTS) is 2. The van der Waals surface area contributed by atoms with Gasteiger partial charge in [0.15, 0.2) is 0 Å². The summed E-state index contributed by atoms with van der Waals surface area (Å²) in [7, 11) is 0. The van der Waals surface area contributed by atoms with Crippen molar-refractivity contribution in [2.75, 3.05) is 0 Å². The van der Waals surface area contributed by atoms with Crippen LogP contribution in [0.5, 0.6) is 0 Å². The molecule has 76 valence electrons. The van der Waals surface area contributed by atoms with E-state index < -0.39 is 11.9 Å². The normalized spacial score (nSPS) is 9.14. The van der Waals surface area contributed by atoms with Crippen molar-refractivity contribution in [1.29, 1.82) is 0 Å². The third-order valence-electron chi connectivity index (χ3n) is 1.76. The second-order valence-corrected chi connectivity index (χ2v) is 3.01. The van der Waals surface area contributed by atoms with Gasteiger partial charge in [0.2, 0.25) is 0 Å². The van der Waals surface area contributed by atoms with Crippen LogP contribution in [0.4, 0.5) is 0 Å². The molecule has 5 heteroatoms. The molecule has 0 spiro atoms. The van der Waals surface area contributed by atoms with Crippen molar-refractivity contribution < 1.29 is 47.1 Å². The minimum absolute atomic E-state index is 0.